The molecule has 4 rings (SSSR count). The molecule has 6 heteroatoms. The van der Waals surface area contributed by atoms with Crippen molar-refractivity contribution < 1.29 is 4.79 Å². The van der Waals surface area contributed by atoms with Crippen molar-refractivity contribution in [2.75, 3.05) is 0 Å². The van der Waals surface area contributed by atoms with Gasteiger partial charge in [-0.05, 0) is 30.9 Å². The van der Waals surface area contributed by atoms with Crippen LogP contribution in [0.2, 0.25) is 0 Å². The van der Waals surface area contributed by atoms with E-state index >= 15 is 0 Å². The molecule has 0 saturated heterocycles. The molecule has 1 saturated carbocycles. The Balaban J connectivity index is 1.50. The Hall–Kier alpha value is -2.60. The third-order valence-corrected chi connectivity index (χ3v) is 5.91. The summed E-state index contributed by atoms with van der Waals surface area (Å²) in [5, 5.41) is 8.88. The monoisotopic (exact) mass is 392 g/mol. The Kier molecular flexibility index (Phi) is 5.76. The minimum Gasteiger partial charge on any atom is -0.333 e. The van der Waals surface area contributed by atoms with Crippen molar-refractivity contribution in [1.82, 2.24) is 19.7 Å². The van der Waals surface area contributed by atoms with Crippen LogP contribution in [0, 0.1) is 0 Å². The molecule has 1 fully saturated rings. The van der Waals surface area contributed by atoms with E-state index in [0.717, 1.165) is 16.3 Å². The topological polar surface area (TPSA) is 51.0 Å². The van der Waals surface area contributed by atoms with Gasteiger partial charge in [0.1, 0.15) is 6.33 Å². The van der Waals surface area contributed by atoms with Crippen molar-refractivity contribution in [1.29, 1.82) is 0 Å². The first-order valence-corrected chi connectivity index (χ1v) is 10.5. The maximum Gasteiger partial charge on any atom is 0.236 e. The van der Waals surface area contributed by atoms with Crippen LogP contribution in [-0.4, -0.2) is 30.8 Å². The zero-order valence-electron chi connectivity index (χ0n) is 15.9. The van der Waals surface area contributed by atoms with E-state index in [1.54, 1.807) is 6.33 Å². The molecule has 1 heterocycles. The van der Waals surface area contributed by atoms with Crippen LogP contribution in [0.3, 0.4) is 0 Å². The van der Waals surface area contributed by atoms with Gasteiger partial charge in [0.15, 0.2) is 5.16 Å². The van der Waals surface area contributed by atoms with Crippen molar-refractivity contribution in [3.63, 3.8) is 0 Å². The summed E-state index contributed by atoms with van der Waals surface area (Å²) in [5.41, 5.74) is 2.26. The third kappa shape index (κ3) is 4.62. The molecule has 28 heavy (non-hydrogen) atoms. The first kappa shape index (κ1) is 18.7. The molecule has 0 unspecified atom stereocenters. The normalized spacial score (nSPS) is 14.6. The SMILES string of the molecule is C[C@H](Sc1nncn1C1CC1)C(=O)N(Cc1ccccc1)Cc1ccccc1. The Morgan fingerprint density at radius 1 is 1.07 bits per heavy atom. The summed E-state index contributed by atoms with van der Waals surface area (Å²) in [5.74, 6) is 0.114. The molecule has 0 radical (unpaired) electrons. The maximum absolute atomic E-state index is 13.3. The van der Waals surface area contributed by atoms with Crippen LogP contribution in [0.4, 0.5) is 0 Å². The second-order valence-electron chi connectivity index (χ2n) is 7.18. The van der Waals surface area contributed by atoms with Gasteiger partial charge in [0.2, 0.25) is 5.91 Å². The van der Waals surface area contributed by atoms with Crippen LogP contribution in [0.15, 0.2) is 72.1 Å². The van der Waals surface area contributed by atoms with Crippen LogP contribution in [0.5, 0.6) is 0 Å². The van der Waals surface area contributed by atoms with Gasteiger partial charge in [-0.2, -0.15) is 0 Å². The largest absolute Gasteiger partial charge is 0.333 e. The Bertz CT molecular complexity index is 867. The Morgan fingerprint density at radius 2 is 1.64 bits per heavy atom. The Labute approximate surface area is 169 Å². The second-order valence-corrected chi connectivity index (χ2v) is 8.49. The number of aromatic nitrogens is 3. The van der Waals surface area contributed by atoms with Gasteiger partial charge in [0, 0.05) is 19.1 Å². The van der Waals surface area contributed by atoms with E-state index in [1.165, 1.54) is 24.6 Å². The molecule has 1 aromatic heterocycles. The van der Waals surface area contributed by atoms with E-state index < -0.39 is 0 Å². The van der Waals surface area contributed by atoms with Crippen molar-refractivity contribution in [3.05, 3.63) is 78.1 Å². The van der Waals surface area contributed by atoms with Crippen molar-refractivity contribution in [2.45, 2.75) is 49.3 Å². The predicted molar refractivity (Wildman–Crippen MR) is 111 cm³/mol. The number of amides is 1. The number of hydrogen-bond donors (Lipinski definition) is 0. The molecule has 0 aliphatic heterocycles. The van der Waals surface area contributed by atoms with E-state index in [0.29, 0.717) is 19.1 Å². The lowest BCUT2D eigenvalue weighted by atomic mass is 10.1. The van der Waals surface area contributed by atoms with Crippen LogP contribution in [-0.2, 0) is 17.9 Å². The molecule has 2 aromatic carbocycles. The zero-order valence-corrected chi connectivity index (χ0v) is 16.8. The van der Waals surface area contributed by atoms with Crippen LogP contribution >= 0.6 is 11.8 Å². The minimum atomic E-state index is -0.228. The molecule has 1 aliphatic carbocycles. The number of thioether (sulfide) groups is 1. The number of hydrogen-bond acceptors (Lipinski definition) is 4. The molecule has 0 N–H and O–H groups in total. The quantitative estimate of drug-likeness (QED) is 0.536. The second kappa shape index (κ2) is 8.61. The highest BCUT2D eigenvalue weighted by atomic mass is 32.2. The van der Waals surface area contributed by atoms with E-state index in [-0.39, 0.29) is 11.2 Å². The Morgan fingerprint density at radius 3 is 2.18 bits per heavy atom. The maximum atomic E-state index is 13.3. The number of benzene rings is 2. The van der Waals surface area contributed by atoms with Gasteiger partial charge in [0.25, 0.3) is 0 Å². The molecule has 0 bridgehead atoms. The fourth-order valence-electron chi connectivity index (χ4n) is 3.20. The standard InChI is InChI=1S/C22H24N4OS/c1-17(28-22-24-23-16-26(22)20-12-13-20)21(27)25(14-18-8-4-2-5-9-18)15-19-10-6-3-7-11-19/h2-11,16-17,20H,12-15H2,1H3/t17-/m0/s1. The predicted octanol–water partition coefficient (Wildman–Crippen LogP) is 4.32. The van der Waals surface area contributed by atoms with Gasteiger partial charge < -0.3 is 9.47 Å². The van der Waals surface area contributed by atoms with Gasteiger partial charge in [-0.15, -0.1) is 10.2 Å². The lowest BCUT2D eigenvalue weighted by Gasteiger charge is -2.26. The molecule has 5 nitrogen and oxygen atoms in total. The summed E-state index contributed by atoms with van der Waals surface area (Å²) in [7, 11) is 0. The zero-order chi connectivity index (χ0) is 19.3. The number of rotatable bonds is 8. The first-order valence-electron chi connectivity index (χ1n) is 9.63. The molecule has 3 aromatic rings. The summed E-state index contributed by atoms with van der Waals surface area (Å²) >= 11 is 1.50. The number of nitrogens with zero attached hydrogens (tertiary/aromatic N) is 4. The van der Waals surface area contributed by atoms with Crippen LogP contribution in [0.25, 0.3) is 0 Å². The molecule has 1 aliphatic rings. The summed E-state index contributed by atoms with van der Waals surface area (Å²) in [6.07, 6.45) is 4.12. The van der Waals surface area contributed by atoms with Gasteiger partial charge in [-0.1, -0.05) is 72.4 Å². The van der Waals surface area contributed by atoms with Gasteiger partial charge in [0.05, 0.1) is 5.25 Å². The first-order chi connectivity index (χ1) is 13.7. The fourth-order valence-corrected chi connectivity index (χ4v) is 4.18. The van der Waals surface area contributed by atoms with E-state index in [9.17, 15) is 4.79 Å². The summed E-state index contributed by atoms with van der Waals surface area (Å²) in [6, 6.07) is 20.8. The van der Waals surface area contributed by atoms with Crippen molar-refractivity contribution in [2.24, 2.45) is 0 Å². The van der Waals surface area contributed by atoms with Crippen molar-refractivity contribution >= 4 is 17.7 Å². The summed E-state index contributed by atoms with van der Waals surface area (Å²) < 4.78 is 2.10. The van der Waals surface area contributed by atoms with Gasteiger partial charge in [-0.3, -0.25) is 4.79 Å². The third-order valence-electron chi connectivity index (χ3n) is 4.85. The highest BCUT2D eigenvalue weighted by Crippen LogP contribution is 2.38. The summed E-state index contributed by atoms with van der Waals surface area (Å²) in [4.78, 5) is 15.3. The number of carbonyl (C=O) groups excluding carboxylic acids is 1. The average molecular weight is 393 g/mol. The smallest absolute Gasteiger partial charge is 0.236 e. The molecular weight excluding hydrogens is 368 g/mol. The average Bonchev–Trinajstić information content (AvgIpc) is 3.47. The lowest BCUT2D eigenvalue weighted by Crippen LogP contribution is -2.35. The highest BCUT2D eigenvalue weighted by molar-refractivity contribution is 8.00. The lowest BCUT2D eigenvalue weighted by molar-refractivity contribution is -0.131. The van der Waals surface area contributed by atoms with E-state index in [1.807, 2.05) is 48.2 Å². The fraction of sp³-hybridized carbons (Fsp3) is 0.318. The summed E-state index contributed by atoms with van der Waals surface area (Å²) in [6.45, 7) is 3.14. The molecule has 0 spiro atoms. The minimum absolute atomic E-state index is 0.114. The van der Waals surface area contributed by atoms with Crippen LogP contribution in [0.1, 0.15) is 36.9 Å². The highest BCUT2D eigenvalue weighted by Gasteiger charge is 2.29. The van der Waals surface area contributed by atoms with Gasteiger partial charge in [-0.25, -0.2) is 0 Å². The van der Waals surface area contributed by atoms with E-state index in [4.69, 9.17) is 0 Å². The molecule has 1 amide bonds. The van der Waals surface area contributed by atoms with Crippen LogP contribution < -0.4 is 0 Å². The molecular formula is C22H24N4OS. The molecule has 144 valence electrons. The van der Waals surface area contributed by atoms with Gasteiger partial charge >= 0.3 is 0 Å². The molecule has 1 atom stereocenters. The van der Waals surface area contributed by atoms with Crippen molar-refractivity contribution in [3.8, 4) is 0 Å². The number of carbonyl (C=O) groups is 1. The van der Waals surface area contributed by atoms with E-state index in [2.05, 4.69) is 39.0 Å².